The number of amides is 1. The van der Waals surface area contributed by atoms with Crippen LogP contribution in [-0.4, -0.2) is 26.8 Å². The van der Waals surface area contributed by atoms with Gasteiger partial charge >= 0.3 is 0 Å². The molecule has 4 rings (SSSR count). The van der Waals surface area contributed by atoms with Crippen molar-refractivity contribution in [2.45, 2.75) is 5.16 Å². The molecule has 1 N–H and O–H groups in total. The predicted molar refractivity (Wildman–Crippen MR) is 111 cm³/mol. The van der Waals surface area contributed by atoms with E-state index < -0.39 is 0 Å². The summed E-state index contributed by atoms with van der Waals surface area (Å²) in [6.45, 7) is 0. The van der Waals surface area contributed by atoms with Crippen LogP contribution in [0.4, 0.5) is 5.69 Å². The lowest BCUT2D eigenvalue weighted by atomic mass is 10.2. The first kappa shape index (κ1) is 19.5. The van der Waals surface area contributed by atoms with E-state index in [1.807, 2.05) is 0 Å². The molecule has 1 aromatic carbocycles. The van der Waals surface area contributed by atoms with E-state index in [1.54, 1.807) is 48.7 Å². The molecule has 3 heterocycles. The van der Waals surface area contributed by atoms with Gasteiger partial charge in [-0.15, -0.1) is 10.2 Å². The van der Waals surface area contributed by atoms with Crippen LogP contribution in [0.3, 0.4) is 0 Å². The molecule has 29 heavy (non-hydrogen) atoms. The van der Waals surface area contributed by atoms with Gasteiger partial charge < -0.3 is 14.2 Å². The summed E-state index contributed by atoms with van der Waals surface area (Å²) in [5.41, 5.74) is 1.36. The fourth-order valence-corrected chi connectivity index (χ4v) is 3.37. The number of hydrogen-bond donors (Lipinski definition) is 1. The summed E-state index contributed by atoms with van der Waals surface area (Å²) in [7, 11) is 0. The number of furan rings is 2. The molecule has 0 bridgehead atoms. The highest BCUT2D eigenvalue weighted by atomic mass is 35.5. The van der Waals surface area contributed by atoms with Crippen LogP contribution < -0.4 is 5.32 Å². The number of anilines is 1. The Bertz CT molecular complexity index is 1130. The zero-order chi connectivity index (χ0) is 20.2. The minimum atomic E-state index is -0.280. The predicted octanol–water partition coefficient (Wildman–Crippen LogP) is 5.43. The molecule has 3 aromatic heterocycles. The van der Waals surface area contributed by atoms with Crippen LogP contribution in [0, 0.1) is 0 Å². The molecule has 146 valence electrons. The number of thioether (sulfide) groups is 1. The topological polar surface area (TPSA) is 94.0 Å². The summed E-state index contributed by atoms with van der Waals surface area (Å²) in [6, 6.07) is 11.9. The van der Waals surface area contributed by atoms with Gasteiger partial charge in [0.2, 0.25) is 11.1 Å². The van der Waals surface area contributed by atoms with E-state index in [1.165, 1.54) is 6.26 Å². The maximum absolute atomic E-state index is 12.3. The number of nitrogens with zero attached hydrogens (tertiary/aromatic N) is 3. The van der Waals surface area contributed by atoms with Crippen molar-refractivity contribution >= 4 is 46.6 Å². The molecule has 4 aromatic rings. The molecule has 0 saturated carbocycles. The molecule has 0 aliphatic heterocycles. The number of hydrogen-bond acceptors (Lipinski definition) is 7. The molecule has 0 atom stereocenters. The van der Waals surface area contributed by atoms with E-state index >= 15 is 0 Å². The van der Waals surface area contributed by atoms with E-state index in [0.29, 0.717) is 43.8 Å². The molecule has 1 amide bonds. The van der Waals surface area contributed by atoms with E-state index in [2.05, 4.69) is 20.5 Å². The third-order valence-corrected chi connectivity index (χ3v) is 5.11. The Morgan fingerprint density at radius 3 is 2.41 bits per heavy atom. The minimum Gasteiger partial charge on any atom is -0.463 e. The second-order valence-corrected chi connectivity index (χ2v) is 7.49. The lowest BCUT2D eigenvalue weighted by Gasteiger charge is -2.08. The molecule has 0 aliphatic rings. The zero-order valence-electron chi connectivity index (χ0n) is 14.6. The first-order chi connectivity index (χ1) is 14.1. The largest absolute Gasteiger partial charge is 0.463 e. The summed E-state index contributed by atoms with van der Waals surface area (Å²) in [5.74, 6) is 0.810. The molecular weight excluding hydrogens is 435 g/mol. The van der Waals surface area contributed by atoms with Crippen LogP contribution in [0.15, 0.2) is 69.0 Å². The van der Waals surface area contributed by atoms with E-state index in [-0.39, 0.29) is 11.7 Å². The normalized spacial score (nSPS) is 10.8. The van der Waals surface area contributed by atoms with Gasteiger partial charge in [-0.1, -0.05) is 35.0 Å². The minimum absolute atomic E-state index is 0.0578. The Kier molecular flexibility index (Phi) is 5.84. The standard InChI is InChI=1S/C19H12Cl2N4O3S/c20-11-5-6-12(21)13(9-11)22-16(26)10-29-19-23-17(14-3-1-7-27-14)18(24-25-19)15-4-2-8-28-15/h1-9H,10H2,(H,22,26). The molecule has 0 aliphatic carbocycles. The Balaban J connectivity index is 1.51. The number of carbonyl (C=O) groups is 1. The SMILES string of the molecule is O=C(CSc1nnc(-c2ccco2)c(-c2ccco2)n1)Nc1cc(Cl)ccc1Cl. The number of halogens is 2. The zero-order valence-corrected chi connectivity index (χ0v) is 17.0. The van der Waals surface area contributed by atoms with Gasteiger partial charge in [0.1, 0.15) is 5.69 Å². The molecule has 0 fully saturated rings. The van der Waals surface area contributed by atoms with E-state index in [4.69, 9.17) is 32.0 Å². The fourth-order valence-electron chi connectivity index (χ4n) is 2.45. The average molecular weight is 447 g/mol. The van der Waals surface area contributed by atoms with Gasteiger partial charge in [0.05, 0.1) is 29.0 Å². The van der Waals surface area contributed by atoms with Crippen molar-refractivity contribution in [3.05, 3.63) is 65.0 Å². The van der Waals surface area contributed by atoms with Crippen molar-refractivity contribution in [1.29, 1.82) is 0 Å². The highest BCUT2D eigenvalue weighted by molar-refractivity contribution is 7.99. The van der Waals surface area contributed by atoms with E-state index in [9.17, 15) is 4.79 Å². The van der Waals surface area contributed by atoms with Gasteiger partial charge in [-0.3, -0.25) is 4.79 Å². The number of nitrogens with one attached hydrogen (secondary N) is 1. The first-order valence-corrected chi connectivity index (χ1v) is 10.0. The van der Waals surface area contributed by atoms with Gasteiger partial charge in [-0.05, 0) is 42.5 Å². The van der Waals surface area contributed by atoms with Crippen molar-refractivity contribution in [3.8, 4) is 22.9 Å². The molecule has 7 nitrogen and oxygen atoms in total. The Labute approximate surface area is 179 Å². The third kappa shape index (κ3) is 4.61. The van der Waals surface area contributed by atoms with E-state index in [0.717, 1.165) is 11.8 Å². The number of benzene rings is 1. The second kappa shape index (κ2) is 8.69. The van der Waals surface area contributed by atoms with Crippen LogP contribution in [-0.2, 0) is 4.79 Å². The number of aromatic nitrogens is 3. The summed E-state index contributed by atoms with van der Waals surface area (Å²) >= 11 is 13.1. The first-order valence-electron chi connectivity index (χ1n) is 8.30. The highest BCUT2D eigenvalue weighted by Gasteiger charge is 2.18. The van der Waals surface area contributed by atoms with Gasteiger partial charge in [0.15, 0.2) is 17.2 Å². The summed E-state index contributed by atoms with van der Waals surface area (Å²) < 4.78 is 10.9. The molecule has 0 saturated heterocycles. The van der Waals surface area contributed by atoms with Gasteiger partial charge in [-0.2, -0.15) is 0 Å². The van der Waals surface area contributed by atoms with Gasteiger partial charge in [-0.25, -0.2) is 4.98 Å². The Morgan fingerprint density at radius 1 is 1.00 bits per heavy atom. The van der Waals surface area contributed by atoms with Crippen molar-refractivity contribution in [1.82, 2.24) is 15.2 Å². The lowest BCUT2D eigenvalue weighted by molar-refractivity contribution is -0.113. The monoisotopic (exact) mass is 446 g/mol. The van der Waals surface area contributed by atoms with Crippen LogP contribution in [0.1, 0.15) is 0 Å². The molecule has 0 radical (unpaired) electrons. The lowest BCUT2D eigenvalue weighted by Crippen LogP contribution is -2.14. The summed E-state index contributed by atoms with van der Waals surface area (Å²) in [5, 5.41) is 12.2. The second-order valence-electron chi connectivity index (χ2n) is 5.71. The van der Waals surface area contributed by atoms with Crippen LogP contribution >= 0.6 is 35.0 Å². The molecule has 0 unspecified atom stereocenters. The van der Waals surface area contributed by atoms with Crippen molar-refractivity contribution in [3.63, 3.8) is 0 Å². The quantitative estimate of drug-likeness (QED) is 0.394. The summed E-state index contributed by atoms with van der Waals surface area (Å²) in [6.07, 6.45) is 3.08. The average Bonchev–Trinajstić information content (AvgIpc) is 3.43. The Hall–Kier alpha value is -2.81. The molecule has 0 spiro atoms. The maximum Gasteiger partial charge on any atom is 0.234 e. The smallest absolute Gasteiger partial charge is 0.234 e. The van der Waals surface area contributed by atoms with Crippen LogP contribution in [0.5, 0.6) is 0 Å². The molecular formula is C19H12Cl2N4O3S. The highest BCUT2D eigenvalue weighted by Crippen LogP contribution is 2.30. The fraction of sp³-hybridized carbons (Fsp3) is 0.0526. The third-order valence-electron chi connectivity index (χ3n) is 3.71. The summed E-state index contributed by atoms with van der Waals surface area (Å²) in [4.78, 5) is 16.8. The van der Waals surface area contributed by atoms with Crippen LogP contribution in [0.2, 0.25) is 10.0 Å². The van der Waals surface area contributed by atoms with Crippen molar-refractivity contribution in [2.24, 2.45) is 0 Å². The Morgan fingerprint density at radius 2 is 1.72 bits per heavy atom. The van der Waals surface area contributed by atoms with Gasteiger partial charge in [0, 0.05) is 5.02 Å². The molecule has 10 heteroatoms. The van der Waals surface area contributed by atoms with Crippen molar-refractivity contribution in [2.75, 3.05) is 11.1 Å². The maximum atomic E-state index is 12.3. The number of carbonyl (C=O) groups excluding carboxylic acids is 1. The van der Waals surface area contributed by atoms with Gasteiger partial charge in [0.25, 0.3) is 0 Å². The number of rotatable bonds is 6. The van der Waals surface area contributed by atoms with Crippen LogP contribution in [0.25, 0.3) is 22.9 Å². The van der Waals surface area contributed by atoms with Crippen molar-refractivity contribution < 1.29 is 13.6 Å².